The molecule has 0 bridgehead atoms. The molecule has 0 aliphatic heterocycles. The van der Waals surface area contributed by atoms with Crippen LogP contribution < -0.4 is 5.73 Å². The van der Waals surface area contributed by atoms with Gasteiger partial charge in [-0.25, -0.2) is 4.68 Å². The lowest BCUT2D eigenvalue weighted by molar-refractivity contribution is 0.882. The van der Waals surface area contributed by atoms with Gasteiger partial charge >= 0.3 is 0 Å². The highest BCUT2D eigenvalue weighted by atomic mass is 79.9. The molecule has 0 aliphatic rings. The van der Waals surface area contributed by atoms with Crippen molar-refractivity contribution in [3.8, 4) is 16.3 Å². The molecule has 0 aromatic carbocycles. The van der Waals surface area contributed by atoms with Crippen LogP contribution in [-0.2, 0) is 0 Å². The minimum Gasteiger partial charge on any atom is -0.396 e. The summed E-state index contributed by atoms with van der Waals surface area (Å²) in [5.74, 6) is 0. The van der Waals surface area contributed by atoms with Gasteiger partial charge in [0.25, 0.3) is 0 Å². The number of nitrogens with zero attached hydrogens (tertiary/aromatic N) is 3. The first-order chi connectivity index (χ1) is 8.74. The minimum atomic E-state index is 0.668. The van der Waals surface area contributed by atoms with Gasteiger partial charge in [0.05, 0.1) is 22.4 Å². The molecule has 0 saturated heterocycles. The first-order valence-corrected chi connectivity index (χ1v) is 6.91. The Kier molecular flexibility index (Phi) is 2.89. The molecule has 90 valence electrons. The lowest BCUT2D eigenvalue weighted by atomic mass is 10.3. The van der Waals surface area contributed by atoms with Gasteiger partial charge in [0.1, 0.15) is 5.69 Å². The first-order valence-electron chi connectivity index (χ1n) is 5.24. The number of nitrogens with two attached hydrogens (primary N) is 1. The number of pyridine rings is 1. The van der Waals surface area contributed by atoms with E-state index in [-0.39, 0.29) is 0 Å². The molecule has 0 atom stereocenters. The summed E-state index contributed by atoms with van der Waals surface area (Å²) in [7, 11) is 0. The fraction of sp³-hybridized carbons (Fsp3) is 0. The Hall–Kier alpha value is -1.66. The van der Waals surface area contributed by atoms with Crippen LogP contribution in [0.3, 0.4) is 0 Å². The molecule has 0 saturated carbocycles. The van der Waals surface area contributed by atoms with Crippen molar-refractivity contribution in [3.63, 3.8) is 0 Å². The molecule has 18 heavy (non-hydrogen) atoms. The highest BCUT2D eigenvalue weighted by Crippen LogP contribution is 2.32. The van der Waals surface area contributed by atoms with Crippen molar-refractivity contribution in [1.29, 1.82) is 0 Å². The van der Waals surface area contributed by atoms with Gasteiger partial charge in [0, 0.05) is 22.2 Å². The lowest BCUT2D eigenvalue weighted by Gasteiger charge is -1.98. The van der Waals surface area contributed by atoms with E-state index < -0.39 is 0 Å². The van der Waals surface area contributed by atoms with Crippen LogP contribution in [0.5, 0.6) is 0 Å². The molecule has 0 fully saturated rings. The molecular weight excluding hydrogens is 312 g/mol. The average molecular weight is 321 g/mol. The van der Waals surface area contributed by atoms with Crippen molar-refractivity contribution in [3.05, 3.63) is 46.6 Å². The van der Waals surface area contributed by atoms with E-state index >= 15 is 0 Å². The highest BCUT2D eigenvalue weighted by Gasteiger charge is 2.11. The van der Waals surface area contributed by atoms with Crippen LogP contribution in [0.25, 0.3) is 16.3 Å². The molecule has 3 rings (SSSR count). The predicted octanol–water partition coefficient (Wildman–Crippen LogP) is 3.34. The fourth-order valence-electron chi connectivity index (χ4n) is 1.65. The van der Waals surface area contributed by atoms with E-state index in [2.05, 4.69) is 26.0 Å². The van der Waals surface area contributed by atoms with E-state index in [1.807, 2.05) is 29.8 Å². The van der Waals surface area contributed by atoms with Crippen LogP contribution in [0, 0.1) is 0 Å². The first kappa shape index (κ1) is 11.4. The Bertz CT molecular complexity index is 674. The summed E-state index contributed by atoms with van der Waals surface area (Å²) in [6, 6.07) is 5.79. The zero-order chi connectivity index (χ0) is 12.5. The van der Waals surface area contributed by atoms with Crippen molar-refractivity contribution in [2.75, 3.05) is 5.73 Å². The Balaban J connectivity index is 2.06. The van der Waals surface area contributed by atoms with Crippen LogP contribution in [0.4, 0.5) is 5.69 Å². The molecule has 3 aromatic heterocycles. The molecule has 0 unspecified atom stereocenters. The molecular formula is C12H9BrN4S. The van der Waals surface area contributed by atoms with Crippen LogP contribution in [-0.4, -0.2) is 14.8 Å². The lowest BCUT2D eigenvalue weighted by Crippen LogP contribution is -1.94. The summed E-state index contributed by atoms with van der Waals surface area (Å²) in [6.07, 6.45) is 5.28. The topological polar surface area (TPSA) is 56.7 Å². The monoisotopic (exact) mass is 320 g/mol. The van der Waals surface area contributed by atoms with E-state index in [4.69, 9.17) is 5.73 Å². The summed E-state index contributed by atoms with van der Waals surface area (Å²) in [5, 5.41) is 6.53. The van der Waals surface area contributed by atoms with Crippen LogP contribution in [0.15, 0.2) is 46.6 Å². The standard InChI is InChI=1S/C12H9BrN4S/c13-8-5-11(18-7-8)12-10(14)6-17(16-12)9-1-3-15-4-2-9/h1-7H,14H2. The van der Waals surface area contributed by atoms with Gasteiger partial charge in [-0.1, -0.05) is 0 Å². The number of rotatable bonds is 2. The van der Waals surface area contributed by atoms with Crippen molar-refractivity contribution in [2.45, 2.75) is 0 Å². The van der Waals surface area contributed by atoms with E-state index in [1.165, 1.54) is 0 Å². The zero-order valence-electron chi connectivity index (χ0n) is 9.25. The summed E-state index contributed by atoms with van der Waals surface area (Å²) < 4.78 is 2.81. The van der Waals surface area contributed by atoms with Gasteiger partial charge in [0.2, 0.25) is 0 Å². The number of hydrogen-bond acceptors (Lipinski definition) is 4. The Morgan fingerprint density at radius 1 is 1.28 bits per heavy atom. The second-order valence-corrected chi connectivity index (χ2v) is 5.54. The minimum absolute atomic E-state index is 0.668. The van der Waals surface area contributed by atoms with Gasteiger partial charge in [-0.2, -0.15) is 5.10 Å². The summed E-state index contributed by atoms with van der Waals surface area (Å²) in [6.45, 7) is 0. The number of hydrogen-bond donors (Lipinski definition) is 1. The molecule has 3 heterocycles. The normalized spacial score (nSPS) is 10.7. The molecule has 0 radical (unpaired) electrons. The molecule has 0 amide bonds. The molecule has 3 aromatic rings. The van der Waals surface area contributed by atoms with Gasteiger partial charge < -0.3 is 5.73 Å². The van der Waals surface area contributed by atoms with E-state index in [0.717, 1.165) is 20.7 Å². The van der Waals surface area contributed by atoms with Crippen LogP contribution >= 0.6 is 27.3 Å². The zero-order valence-corrected chi connectivity index (χ0v) is 11.6. The van der Waals surface area contributed by atoms with Crippen molar-refractivity contribution in [2.24, 2.45) is 0 Å². The summed E-state index contributed by atoms with van der Waals surface area (Å²) >= 11 is 5.04. The largest absolute Gasteiger partial charge is 0.396 e. The highest BCUT2D eigenvalue weighted by molar-refractivity contribution is 9.10. The molecule has 6 heteroatoms. The number of nitrogen functional groups attached to an aromatic ring is 1. The number of thiophene rings is 1. The van der Waals surface area contributed by atoms with E-state index in [1.54, 1.807) is 28.4 Å². The average Bonchev–Trinajstić information content (AvgIpc) is 2.97. The smallest absolute Gasteiger partial charge is 0.126 e. The third-order valence-corrected chi connectivity index (χ3v) is 4.17. The molecule has 2 N–H and O–H groups in total. The summed E-state index contributed by atoms with van der Waals surface area (Å²) in [4.78, 5) is 5.03. The predicted molar refractivity (Wildman–Crippen MR) is 76.8 cm³/mol. The third-order valence-electron chi connectivity index (χ3n) is 2.47. The maximum absolute atomic E-state index is 6.01. The number of anilines is 1. The third kappa shape index (κ3) is 2.04. The second kappa shape index (κ2) is 4.55. The molecule has 0 aliphatic carbocycles. The Morgan fingerprint density at radius 3 is 2.72 bits per heavy atom. The van der Waals surface area contributed by atoms with Crippen molar-refractivity contribution >= 4 is 33.0 Å². The van der Waals surface area contributed by atoms with Crippen LogP contribution in [0.2, 0.25) is 0 Å². The SMILES string of the molecule is Nc1cn(-c2ccncc2)nc1-c1cc(Br)cs1. The maximum atomic E-state index is 6.01. The van der Waals surface area contributed by atoms with Gasteiger partial charge in [-0.15, -0.1) is 11.3 Å². The number of aromatic nitrogens is 3. The number of halogens is 1. The van der Waals surface area contributed by atoms with Crippen molar-refractivity contribution in [1.82, 2.24) is 14.8 Å². The molecule has 4 nitrogen and oxygen atoms in total. The van der Waals surface area contributed by atoms with Crippen molar-refractivity contribution < 1.29 is 0 Å². The van der Waals surface area contributed by atoms with Gasteiger partial charge in [0.15, 0.2) is 0 Å². The van der Waals surface area contributed by atoms with E-state index in [0.29, 0.717) is 5.69 Å². The van der Waals surface area contributed by atoms with Gasteiger partial charge in [-0.05, 0) is 34.1 Å². The summed E-state index contributed by atoms with van der Waals surface area (Å²) in [5.41, 5.74) is 8.43. The van der Waals surface area contributed by atoms with Crippen LogP contribution in [0.1, 0.15) is 0 Å². The molecule has 0 spiro atoms. The Morgan fingerprint density at radius 2 is 2.06 bits per heavy atom. The quantitative estimate of drug-likeness (QED) is 0.787. The van der Waals surface area contributed by atoms with E-state index in [9.17, 15) is 0 Å². The second-order valence-electron chi connectivity index (χ2n) is 3.71. The Labute approximate surface area is 116 Å². The maximum Gasteiger partial charge on any atom is 0.126 e. The fourth-order valence-corrected chi connectivity index (χ4v) is 3.08. The van der Waals surface area contributed by atoms with Gasteiger partial charge in [-0.3, -0.25) is 4.98 Å².